The quantitative estimate of drug-likeness (QED) is 0.653. The second-order valence-electron chi connectivity index (χ2n) is 4.23. The van der Waals surface area contributed by atoms with Crippen molar-refractivity contribution in [2.24, 2.45) is 0 Å². The Hall–Kier alpha value is -1.80. The summed E-state index contributed by atoms with van der Waals surface area (Å²) >= 11 is 4.50. The van der Waals surface area contributed by atoms with Gasteiger partial charge in [-0.15, -0.1) is 11.3 Å². The molecular formula is C13H12BrN3O3S. The molecule has 1 heterocycles. The predicted octanol–water partition coefficient (Wildman–Crippen LogP) is 3.94. The molecule has 0 radical (unpaired) electrons. The zero-order valence-corrected chi connectivity index (χ0v) is 13.7. The van der Waals surface area contributed by atoms with Gasteiger partial charge in [-0.05, 0) is 35.3 Å². The first kappa shape index (κ1) is 15.6. The fraction of sp³-hybridized carbons (Fsp3) is 0.231. The van der Waals surface area contributed by atoms with Crippen molar-refractivity contribution in [2.75, 3.05) is 5.32 Å². The fourth-order valence-corrected chi connectivity index (χ4v) is 3.30. The third-order valence-electron chi connectivity index (χ3n) is 2.87. The van der Waals surface area contributed by atoms with Gasteiger partial charge in [-0.1, -0.05) is 13.0 Å². The third-order valence-corrected chi connectivity index (χ3v) is 4.63. The van der Waals surface area contributed by atoms with Crippen molar-refractivity contribution < 1.29 is 9.72 Å². The molecule has 0 aliphatic heterocycles. The standard InChI is InChI=1S/C13H12BrN3O3S/c1-3-9-7(2)21-13(15-9)16-12(18)8-5-4-6-10(11(8)14)17(19)20/h4-6H,3H2,1-2H3,(H,15,16,18). The van der Waals surface area contributed by atoms with Gasteiger partial charge in [0.2, 0.25) is 0 Å². The van der Waals surface area contributed by atoms with Gasteiger partial charge in [-0.25, -0.2) is 4.98 Å². The maximum atomic E-state index is 12.2. The zero-order valence-electron chi connectivity index (χ0n) is 11.3. The smallest absolute Gasteiger partial charge is 0.284 e. The van der Waals surface area contributed by atoms with Gasteiger partial charge < -0.3 is 0 Å². The van der Waals surface area contributed by atoms with E-state index in [1.54, 1.807) is 0 Å². The van der Waals surface area contributed by atoms with Crippen LogP contribution in [0.2, 0.25) is 0 Å². The summed E-state index contributed by atoms with van der Waals surface area (Å²) in [6.07, 6.45) is 0.790. The van der Waals surface area contributed by atoms with Gasteiger partial charge >= 0.3 is 0 Å². The molecule has 1 aromatic carbocycles. The number of nitro benzene ring substituents is 1. The largest absolute Gasteiger partial charge is 0.298 e. The van der Waals surface area contributed by atoms with Gasteiger partial charge in [-0.2, -0.15) is 0 Å². The van der Waals surface area contributed by atoms with E-state index < -0.39 is 10.8 Å². The van der Waals surface area contributed by atoms with Crippen molar-refractivity contribution in [2.45, 2.75) is 20.3 Å². The predicted molar refractivity (Wildman–Crippen MR) is 85.0 cm³/mol. The molecule has 2 rings (SSSR count). The molecule has 0 fully saturated rings. The van der Waals surface area contributed by atoms with Crippen molar-refractivity contribution in [3.63, 3.8) is 0 Å². The summed E-state index contributed by atoms with van der Waals surface area (Å²) in [4.78, 5) is 27.9. The molecule has 0 aliphatic rings. The van der Waals surface area contributed by atoms with Crippen molar-refractivity contribution >= 4 is 44.0 Å². The Labute approximate surface area is 133 Å². The number of hydrogen-bond donors (Lipinski definition) is 1. The van der Waals surface area contributed by atoms with Crippen LogP contribution in [-0.4, -0.2) is 15.8 Å². The number of nitrogens with zero attached hydrogens (tertiary/aromatic N) is 2. The summed E-state index contributed by atoms with van der Waals surface area (Å²) < 4.78 is 0.163. The van der Waals surface area contributed by atoms with E-state index in [1.807, 2.05) is 13.8 Å². The first-order chi connectivity index (χ1) is 9.93. The van der Waals surface area contributed by atoms with Crippen LogP contribution in [0.15, 0.2) is 22.7 Å². The normalized spacial score (nSPS) is 10.4. The fourth-order valence-electron chi connectivity index (χ4n) is 1.81. The number of aryl methyl sites for hydroxylation is 2. The van der Waals surface area contributed by atoms with Crippen LogP contribution in [0.5, 0.6) is 0 Å². The van der Waals surface area contributed by atoms with E-state index in [-0.39, 0.29) is 15.7 Å². The first-order valence-electron chi connectivity index (χ1n) is 6.14. The van der Waals surface area contributed by atoms with E-state index in [2.05, 4.69) is 26.2 Å². The second kappa shape index (κ2) is 6.31. The molecule has 0 bridgehead atoms. The topological polar surface area (TPSA) is 85.1 Å². The molecule has 6 nitrogen and oxygen atoms in total. The van der Waals surface area contributed by atoms with E-state index in [9.17, 15) is 14.9 Å². The van der Waals surface area contributed by atoms with Gasteiger partial charge in [-0.3, -0.25) is 20.2 Å². The molecule has 0 saturated heterocycles. The highest BCUT2D eigenvalue weighted by molar-refractivity contribution is 9.10. The van der Waals surface area contributed by atoms with Crippen LogP contribution in [0, 0.1) is 17.0 Å². The number of halogens is 1. The van der Waals surface area contributed by atoms with E-state index in [4.69, 9.17) is 0 Å². The molecule has 0 saturated carbocycles. The lowest BCUT2D eigenvalue weighted by Crippen LogP contribution is -2.13. The van der Waals surface area contributed by atoms with Gasteiger partial charge in [0, 0.05) is 10.9 Å². The highest BCUT2D eigenvalue weighted by Crippen LogP contribution is 2.29. The van der Waals surface area contributed by atoms with Crippen LogP contribution >= 0.6 is 27.3 Å². The van der Waals surface area contributed by atoms with Crippen LogP contribution in [-0.2, 0) is 6.42 Å². The van der Waals surface area contributed by atoms with E-state index in [1.165, 1.54) is 29.5 Å². The van der Waals surface area contributed by atoms with E-state index >= 15 is 0 Å². The number of hydrogen-bond acceptors (Lipinski definition) is 5. The molecule has 8 heteroatoms. The number of nitrogens with one attached hydrogen (secondary N) is 1. The lowest BCUT2D eigenvalue weighted by molar-refractivity contribution is -0.385. The summed E-state index contributed by atoms with van der Waals surface area (Å²) in [5, 5.41) is 14.0. The monoisotopic (exact) mass is 369 g/mol. The van der Waals surface area contributed by atoms with Crippen LogP contribution in [0.3, 0.4) is 0 Å². The maximum Gasteiger partial charge on any atom is 0.284 e. The van der Waals surface area contributed by atoms with Crippen molar-refractivity contribution in [1.29, 1.82) is 0 Å². The maximum absolute atomic E-state index is 12.2. The average Bonchev–Trinajstić information content (AvgIpc) is 2.78. The number of aromatic nitrogens is 1. The number of rotatable bonds is 4. The minimum absolute atomic E-state index is 0.146. The van der Waals surface area contributed by atoms with Gasteiger partial charge in [0.25, 0.3) is 11.6 Å². The SMILES string of the molecule is CCc1nc(NC(=O)c2cccc([N+](=O)[O-])c2Br)sc1C. The molecule has 21 heavy (non-hydrogen) atoms. The van der Waals surface area contributed by atoms with Gasteiger partial charge in [0.15, 0.2) is 5.13 Å². The van der Waals surface area contributed by atoms with Crippen molar-refractivity contribution in [1.82, 2.24) is 4.98 Å². The van der Waals surface area contributed by atoms with Crippen LogP contribution in [0.25, 0.3) is 0 Å². The molecule has 1 aromatic heterocycles. The first-order valence-corrected chi connectivity index (χ1v) is 7.75. The highest BCUT2D eigenvalue weighted by atomic mass is 79.9. The molecule has 0 spiro atoms. The Morgan fingerprint density at radius 1 is 1.52 bits per heavy atom. The number of benzene rings is 1. The number of amides is 1. The van der Waals surface area contributed by atoms with Gasteiger partial charge in [0.1, 0.15) is 4.47 Å². The van der Waals surface area contributed by atoms with Crippen LogP contribution < -0.4 is 5.32 Å². The Kier molecular flexibility index (Phi) is 4.69. The van der Waals surface area contributed by atoms with Crippen LogP contribution in [0.4, 0.5) is 10.8 Å². The minimum atomic E-state index is -0.538. The lowest BCUT2D eigenvalue weighted by Gasteiger charge is -2.04. The molecule has 1 amide bonds. The molecule has 0 unspecified atom stereocenters. The van der Waals surface area contributed by atoms with Crippen molar-refractivity contribution in [3.05, 3.63) is 48.9 Å². The van der Waals surface area contributed by atoms with Crippen molar-refractivity contribution in [3.8, 4) is 0 Å². The number of anilines is 1. The summed E-state index contributed by atoms with van der Waals surface area (Å²) in [6.45, 7) is 3.93. The molecule has 110 valence electrons. The number of carbonyl (C=O) groups is 1. The number of thiazole rings is 1. The van der Waals surface area contributed by atoms with Gasteiger partial charge in [0.05, 0.1) is 16.2 Å². The lowest BCUT2D eigenvalue weighted by atomic mass is 10.2. The second-order valence-corrected chi connectivity index (χ2v) is 6.22. The summed E-state index contributed by atoms with van der Waals surface area (Å²) in [5.41, 5.74) is 0.996. The minimum Gasteiger partial charge on any atom is -0.298 e. The average molecular weight is 370 g/mol. The number of nitro groups is 1. The molecular weight excluding hydrogens is 358 g/mol. The summed E-state index contributed by atoms with van der Waals surface area (Å²) in [6, 6.07) is 4.33. The molecule has 2 aromatic rings. The Morgan fingerprint density at radius 2 is 2.24 bits per heavy atom. The van der Waals surface area contributed by atoms with Crippen LogP contribution in [0.1, 0.15) is 27.9 Å². The zero-order chi connectivity index (χ0) is 15.6. The van der Waals surface area contributed by atoms with E-state index in [0.29, 0.717) is 5.13 Å². The molecule has 0 atom stereocenters. The molecule has 1 N–H and O–H groups in total. The number of carbonyl (C=O) groups excluding carboxylic acids is 1. The Bertz CT molecular complexity index is 715. The Morgan fingerprint density at radius 3 is 2.81 bits per heavy atom. The Balaban J connectivity index is 2.28. The highest BCUT2D eigenvalue weighted by Gasteiger charge is 2.20. The molecule has 0 aliphatic carbocycles. The third kappa shape index (κ3) is 3.27. The summed E-state index contributed by atoms with van der Waals surface area (Å²) in [7, 11) is 0. The van der Waals surface area contributed by atoms with E-state index in [0.717, 1.165) is 17.0 Å². The summed E-state index contributed by atoms with van der Waals surface area (Å²) in [5.74, 6) is -0.429.